The molecule has 1 atom stereocenters. The van der Waals surface area contributed by atoms with Crippen molar-refractivity contribution in [2.24, 2.45) is 0 Å². The molecule has 94 valence electrons. The van der Waals surface area contributed by atoms with E-state index in [1.807, 2.05) is 25.1 Å². The molecule has 0 aliphatic heterocycles. The molecule has 1 unspecified atom stereocenters. The quantitative estimate of drug-likeness (QED) is 0.796. The van der Waals surface area contributed by atoms with Crippen molar-refractivity contribution >= 4 is 27.5 Å². The SMILES string of the molecule is Cc1cccc(C(O)c2c(F)ccc(Cl)c2Br)c1. The molecule has 1 N–H and O–H groups in total. The van der Waals surface area contributed by atoms with Gasteiger partial charge in [-0.25, -0.2) is 4.39 Å². The van der Waals surface area contributed by atoms with Crippen LogP contribution < -0.4 is 0 Å². The van der Waals surface area contributed by atoms with Crippen LogP contribution in [0.5, 0.6) is 0 Å². The van der Waals surface area contributed by atoms with Gasteiger partial charge in [0.05, 0.1) is 5.02 Å². The van der Waals surface area contributed by atoms with Crippen LogP contribution in [0.4, 0.5) is 4.39 Å². The monoisotopic (exact) mass is 328 g/mol. The third-order valence-corrected chi connectivity index (χ3v) is 4.11. The average molecular weight is 330 g/mol. The Labute approximate surface area is 118 Å². The van der Waals surface area contributed by atoms with Crippen LogP contribution in [0.3, 0.4) is 0 Å². The van der Waals surface area contributed by atoms with Crippen LogP contribution in [0.1, 0.15) is 22.8 Å². The van der Waals surface area contributed by atoms with Gasteiger partial charge in [0.15, 0.2) is 0 Å². The van der Waals surface area contributed by atoms with Crippen LogP contribution in [0.25, 0.3) is 0 Å². The summed E-state index contributed by atoms with van der Waals surface area (Å²) >= 11 is 9.14. The fourth-order valence-corrected chi connectivity index (χ4v) is 2.50. The van der Waals surface area contributed by atoms with E-state index in [4.69, 9.17) is 11.6 Å². The van der Waals surface area contributed by atoms with Gasteiger partial charge in [-0.05, 0) is 40.5 Å². The van der Waals surface area contributed by atoms with E-state index in [-0.39, 0.29) is 5.56 Å². The smallest absolute Gasteiger partial charge is 0.130 e. The van der Waals surface area contributed by atoms with Crippen molar-refractivity contribution in [1.82, 2.24) is 0 Å². The van der Waals surface area contributed by atoms with Crippen molar-refractivity contribution in [3.05, 3.63) is 68.4 Å². The van der Waals surface area contributed by atoms with Crippen molar-refractivity contribution in [3.8, 4) is 0 Å². The van der Waals surface area contributed by atoms with E-state index in [0.717, 1.165) is 5.56 Å². The van der Waals surface area contributed by atoms with E-state index in [9.17, 15) is 9.50 Å². The molecule has 2 aromatic rings. The molecule has 0 heterocycles. The van der Waals surface area contributed by atoms with Crippen LogP contribution in [-0.2, 0) is 0 Å². The molecule has 0 saturated heterocycles. The van der Waals surface area contributed by atoms with Gasteiger partial charge in [-0.1, -0.05) is 41.4 Å². The first-order valence-corrected chi connectivity index (χ1v) is 6.56. The number of hydrogen-bond donors (Lipinski definition) is 1. The highest BCUT2D eigenvalue weighted by Crippen LogP contribution is 2.35. The molecule has 0 spiro atoms. The minimum atomic E-state index is -1.04. The van der Waals surface area contributed by atoms with Gasteiger partial charge >= 0.3 is 0 Å². The summed E-state index contributed by atoms with van der Waals surface area (Å²) in [7, 11) is 0. The highest BCUT2D eigenvalue weighted by molar-refractivity contribution is 9.10. The van der Waals surface area contributed by atoms with Gasteiger partial charge in [-0.15, -0.1) is 0 Å². The van der Waals surface area contributed by atoms with Crippen molar-refractivity contribution < 1.29 is 9.50 Å². The lowest BCUT2D eigenvalue weighted by Gasteiger charge is -2.15. The first kappa shape index (κ1) is 13.5. The molecule has 18 heavy (non-hydrogen) atoms. The number of rotatable bonds is 2. The molecule has 0 saturated carbocycles. The summed E-state index contributed by atoms with van der Waals surface area (Å²) < 4.78 is 14.2. The van der Waals surface area contributed by atoms with Crippen LogP contribution in [0.2, 0.25) is 5.02 Å². The highest BCUT2D eigenvalue weighted by Gasteiger charge is 2.20. The van der Waals surface area contributed by atoms with Crippen molar-refractivity contribution in [3.63, 3.8) is 0 Å². The molecule has 1 nitrogen and oxygen atoms in total. The molecule has 0 aliphatic rings. The lowest BCUT2D eigenvalue weighted by atomic mass is 9.99. The lowest BCUT2D eigenvalue weighted by molar-refractivity contribution is 0.214. The van der Waals surface area contributed by atoms with E-state index in [2.05, 4.69) is 15.9 Å². The third kappa shape index (κ3) is 2.58. The fraction of sp³-hybridized carbons (Fsp3) is 0.143. The van der Waals surface area contributed by atoms with Crippen LogP contribution >= 0.6 is 27.5 Å². The maximum Gasteiger partial charge on any atom is 0.130 e. The van der Waals surface area contributed by atoms with Crippen molar-refractivity contribution in [2.45, 2.75) is 13.0 Å². The van der Waals surface area contributed by atoms with E-state index in [0.29, 0.717) is 15.1 Å². The van der Waals surface area contributed by atoms with E-state index < -0.39 is 11.9 Å². The molecule has 0 aromatic heterocycles. The minimum Gasteiger partial charge on any atom is -0.384 e. The topological polar surface area (TPSA) is 20.2 Å². The van der Waals surface area contributed by atoms with Gasteiger partial charge in [-0.2, -0.15) is 0 Å². The number of aliphatic hydroxyl groups excluding tert-OH is 1. The Hall–Kier alpha value is -0.900. The Bertz CT molecular complexity index is 586. The van der Waals surface area contributed by atoms with E-state index >= 15 is 0 Å². The zero-order chi connectivity index (χ0) is 13.3. The van der Waals surface area contributed by atoms with Crippen LogP contribution in [0.15, 0.2) is 40.9 Å². The summed E-state index contributed by atoms with van der Waals surface area (Å²) in [6, 6.07) is 10.0. The molecule has 2 rings (SSSR count). The van der Waals surface area contributed by atoms with Crippen molar-refractivity contribution in [2.75, 3.05) is 0 Å². The molecule has 2 aromatic carbocycles. The zero-order valence-corrected chi connectivity index (χ0v) is 12.0. The number of halogens is 3. The average Bonchev–Trinajstić information content (AvgIpc) is 2.34. The number of aryl methyl sites for hydroxylation is 1. The van der Waals surface area contributed by atoms with Gasteiger partial charge in [0.2, 0.25) is 0 Å². The summed E-state index contributed by atoms with van der Waals surface area (Å²) in [5.74, 6) is -0.486. The molecule has 4 heteroatoms. The van der Waals surface area contributed by atoms with E-state index in [1.165, 1.54) is 12.1 Å². The summed E-state index contributed by atoms with van der Waals surface area (Å²) in [4.78, 5) is 0. The fourth-order valence-electron chi connectivity index (χ4n) is 1.80. The zero-order valence-electron chi connectivity index (χ0n) is 9.62. The molecule has 0 aliphatic carbocycles. The van der Waals surface area contributed by atoms with Gasteiger partial charge in [0, 0.05) is 10.0 Å². The standard InChI is InChI=1S/C14H11BrClFO/c1-8-3-2-4-9(7-8)14(18)12-11(17)6-5-10(16)13(12)15/h2-7,14,18H,1H3. The minimum absolute atomic E-state index is 0.160. The van der Waals surface area contributed by atoms with Gasteiger partial charge < -0.3 is 5.11 Å². The summed E-state index contributed by atoms with van der Waals surface area (Å²) in [5, 5.41) is 10.6. The molecular formula is C14H11BrClFO. The number of benzene rings is 2. The van der Waals surface area contributed by atoms with Crippen molar-refractivity contribution in [1.29, 1.82) is 0 Å². The van der Waals surface area contributed by atoms with Gasteiger partial charge in [-0.3, -0.25) is 0 Å². The molecular weight excluding hydrogens is 319 g/mol. The Morgan fingerprint density at radius 3 is 2.67 bits per heavy atom. The predicted molar refractivity (Wildman–Crippen MR) is 74.4 cm³/mol. The summed E-state index contributed by atoms with van der Waals surface area (Å²) in [5.41, 5.74) is 1.80. The lowest BCUT2D eigenvalue weighted by Crippen LogP contribution is -2.04. The maximum absolute atomic E-state index is 13.8. The largest absolute Gasteiger partial charge is 0.384 e. The normalized spacial score (nSPS) is 12.5. The second-order valence-corrected chi connectivity index (χ2v) is 5.27. The first-order valence-electron chi connectivity index (χ1n) is 5.38. The van der Waals surface area contributed by atoms with Gasteiger partial charge in [0.1, 0.15) is 11.9 Å². The number of aliphatic hydroxyl groups is 1. The Balaban J connectivity index is 2.52. The molecule has 0 radical (unpaired) electrons. The number of hydrogen-bond acceptors (Lipinski definition) is 1. The third-order valence-electron chi connectivity index (χ3n) is 2.71. The van der Waals surface area contributed by atoms with Crippen LogP contribution in [0, 0.1) is 12.7 Å². The Morgan fingerprint density at radius 1 is 1.28 bits per heavy atom. The van der Waals surface area contributed by atoms with Gasteiger partial charge in [0.25, 0.3) is 0 Å². The molecule has 0 bridgehead atoms. The van der Waals surface area contributed by atoms with E-state index in [1.54, 1.807) is 6.07 Å². The molecule has 0 amide bonds. The highest BCUT2D eigenvalue weighted by atomic mass is 79.9. The maximum atomic E-state index is 13.8. The second-order valence-electron chi connectivity index (χ2n) is 4.07. The summed E-state index contributed by atoms with van der Waals surface area (Å²) in [6.45, 7) is 1.92. The predicted octanol–water partition coefficient (Wildman–Crippen LogP) is 4.63. The van der Waals surface area contributed by atoms with Crippen LogP contribution in [-0.4, -0.2) is 5.11 Å². The summed E-state index contributed by atoms with van der Waals surface area (Å²) in [6.07, 6.45) is -1.04. The Morgan fingerprint density at radius 2 is 2.00 bits per heavy atom. The second kappa shape index (κ2) is 5.39. The Kier molecular flexibility index (Phi) is 4.05. The molecule has 0 fully saturated rings. The first-order chi connectivity index (χ1) is 8.50.